The summed E-state index contributed by atoms with van der Waals surface area (Å²) in [6.07, 6.45) is 9.28. The van der Waals surface area contributed by atoms with Crippen LogP contribution < -0.4 is 0 Å². The van der Waals surface area contributed by atoms with Crippen LogP contribution in [-0.2, 0) is 6.54 Å². The van der Waals surface area contributed by atoms with E-state index >= 15 is 0 Å². The van der Waals surface area contributed by atoms with Crippen LogP contribution >= 0.6 is 0 Å². The molecule has 3 aromatic carbocycles. The normalized spacial score (nSPS) is 11.4. The van der Waals surface area contributed by atoms with E-state index < -0.39 is 0 Å². The van der Waals surface area contributed by atoms with Crippen LogP contribution in [0.3, 0.4) is 0 Å². The molecule has 0 aliphatic heterocycles. The lowest BCUT2D eigenvalue weighted by molar-refractivity contribution is 0.787. The molecule has 1 heterocycles. The van der Waals surface area contributed by atoms with Gasteiger partial charge in [0.05, 0.1) is 18.2 Å². The fourth-order valence-electron chi connectivity index (χ4n) is 3.95. The molecule has 2 heteroatoms. The van der Waals surface area contributed by atoms with Crippen molar-refractivity contribution >= 4 is 6.08 Å². The number of aryl methyl sites for hydroxylation is 2. The highest BCUT2D eigenvalue weighted by Gasteiger charge is 2.13. The number of hydrogen-bond acceptors (Lipinski definition) is 1. The Morgan fingerprint density at radius 2 is 1.50 bits per heavy atom. The smallest absolute Gasteiger partial charge is 0.0953 e. The second-order valence-corrected chi connectivity index (χ2v) is 7.95. The molecular formula is C28H28N2. The van der Waals surface area contributed by atoms with Gasteiger partial charge in [0.2, 0.25) is 0 Å². The van der Waals surface area contributed by atoms with Gasteiger partial charge >= 0.3 is 0 Å². The highest BCUT2D eigenvalue weighted by molar-refractivity contribution is 5.46. The molecule has 0 aliphatic rings. The Hall–Kier alpha value is -3.39. The van der Waals surface area contributed by atoms with Crippen LogP contribution in [0.4, 0.5) is 0 Å². The summed E-state index contributed by atoms with van der Waals surface area (Å²) >= 11 is 0. The van der Waals surface area contributed by atoms with E-state index in [0.29, 0.717) is 5.92 Å². The molecule has 0 radical (unpaired) electrons. The van der Waals surface area contributed by atoms with Gasteiger partial charge in [-0.2, -0.15) is 0 Å². The van der Waals surface area contributed by atoms with Gasteiger partial charge in [-0.1, -0.05) is 96.1 Å². The zero-order valence-electron chi connectivity index (χ0n) is 17.7. The van der Waals surface area contributed by atoms with Crippen molar-refractivity contribution in [1.82, 2.24) is 9.55 Å². The zero-order chi connectivity index (χ0) is 20.8. The second-order valence-electron chi connectivity index (χ2n) is 7.95. The number of rotatable bonds is 7. The first-order valence-electron chi connectivity index (χ1n) is 10.5. The van der Waals surface area contributed by atoms with Crippen molar-refractivity contribution in [3.63, 3.8) is 0 Å². The minimum Gasteiger partial charge on any atom is -0.327 e. The van der Waals surface area contributed by atoms with E-state index in [9.17, 15) is 0 Å². The van der Waals surface area contributed by atoms with Crippen molar-refractivity contribution < 1.29 is 0 Å². The summed E-state index contributed by atoms with van der Waals surface area (Å²) in [4.78, 5) is 4.37. The molecule has 4 rings (SSSR count). The molecule has 0 N–H and O–H groups in total. The summed E-state index contributed by atoms with van der Waals surface area (Å²) < 4.78 is 2.19. The average molecular weight is 393 g/mol. The van der Waals surface area contributed by atoms with Gasteiger partial charge in [-0.15, -0.1) is 0 Å². The van der Waals surface area contributed by atoms with Gasteiger partial charge in [0.15, 0.2) is 0 Å². The fourth-order valence-corrected chi connectivity index (χ4v) is 3.95. The Morgan fingerprint density at radius 1 is 0.833 bits per heavy atom. The first-order valence-corrected chi connectivity index (χ1v) is 10.5. The third kappa shape index (κ3) is 4.96. The lowest BCUT2D eigenvalue weighted by atomic mass is 9.87. The van der Waals surface area contributed by atoms with E-state index in [1.54, 1.807) is 0 Å². The quantitative estimate of drug-likeness (QED) is 0.339. The number of imidazole rings is 1. The van der Waals surface area contributed by atoms with Gasteiger partial charge in [-0.05, 0) is 43.0 Å². The van der Waals surface area contributed by atoms with Crippen molar-refractivity contribution in [1.29, 1.82) is 0 Å². The Kier molecular flexibility index (Phi) is 6.24. The molecule has 0 unspecified atom stereocenters. The largest absolute Gasteiger partial charge is 0.327 e. The number of allylic oxidation sites excluding steroid dienone is 1. The molecule has 0 saturated carbocycles. The van der Waals surface area contributed by atoms with E-state index in [4.69, 9.17) is 0 Å². The van der Waals surface area contributed by atoms with Gasteiger partial charge in [0.25, 0.3) is 0 Å². The van der Waals surface area contributed by atoms with Crippen LogP contribution in [0, 0.1) is 13.8 Å². The maximum absolute atomic E-state index is 4.37. The molecule has 0 amide bonds. The maximum Gasteiger partial charge on any atom is 0.0953 e. The monoisotopic (exact) mass is 392 g/mol. The van der Waals surface area contributed by atoms with Crippen LogP contribution in [0.15, 0.2) is 97.5 Å². The van der Waals surface area contributed by atoms with E-state index in [0.717, 1.165) is 18.7 Å². The van der Waals surface area contributed by atoms with Crippen LogP contribution in [-0.4, -0.2) is 9.55 Å². The highest BCUT2D eigenvalue weighted by Crippen LogP contribution is 2.30. The molecule has 1 aromatic heterocycles. The van der Waals surface area contributed by atoms with Crippen LogP contribution in [0.2, 0.25) is 0 Å². The van der Waals surface area contributed by atoms with E-state index in [1.165, 1.54) is 27.8 Å². The Balaban J connectivity index is 1.56. The van der Waals surface area contributed by atoms with E-state index in [1.807, 2.05) is 12.5 Å². The molecule has 0 saturated heterocycles. The van der Waals surface area contributed by atoms with Gasteiger partial charge in [0.1, 0.15) is 0 Å². The Morgan fingerprint density at radius 3 is 2.13 bits per heavy atom. The predicted molar refractivity (Wildman–Crippen MR) is 126 cm³/mol. The first-order chi connectivity index (χ1) is 14.7. The number of aromatic nitrogens is 2. The maximum atomic E-state index is 4.37. The summed E-state index contributed by atoms with van der Waals surface area (Å²) in [7, 11) is 0. The lowest BCUT2D eigenvalue weighted by Gasteiger charge is -2.18. The lowest BCUT2D eigenvalue weighted by Crippen LogP contribution is -2.02. The SMILES string of the molecule is Cc1cccc(C(C/C=C/c2cncn2Cc2ccccc2)c2cccc(C)c2)c1. The summed E-state index contributed by atoms with van der Waals surface area (Å²) in [6, 6.07) is 28.3. The molecule has 0 aliphatic carbocycles. The fraction of sp³-hybridized carbons (Fsp3) is 0.179. The van der Waals surface area contributed by atoms with Gasteiger partial charge < -0.3 is 4.57 Å². The van der Waals surface area contributed by atoms with Crippen LogP contribution in [0.1, 0.15) is 45.8 Å². The Bertz CT molecular complexity index is 1080. The van der Waals surface area contributed by atoms with E-state index in [-0.39, 0.29) is 0 Å². The molecule has 0 spiro atoms. The van der Waals surface area contributed by atoms with Gasteiger partial charge in [-0.3, -0.25) is 0 Å². The predicted octanol–water partition coefficient (Wildman–Crippen LogP) is 6.78. The van der Waals surface area contributed by atoms with Crippen molar-refractivity contribution in [2.45, 2.75) is 32.7 Å². The Labute approximate surface area is 179 Å². The molecule has 4 aromatic rings. The molecule has 0 atom stereocenters. The number of benzene rings is 3. The third-order valence-corrected chi connectivity index (χ3v) is 5.49. The minimum absolute atomic E-state index is 0.339. The van der Waals surface area contributed by atoms with Crippen molar-refractivity contribution in [2.24, 2.45) is 0 Å². The minimum atomic E-state index is 0.339. The molecule has 0 fully saturated rings. The van der Waals surface area contributed by atoms with Crippen molar-refractivity contribution in [3.05, 3.63) is 131 Å². The second kappa shape index (κ2) is 9.41. The standard InChI is InChI=1S/C28H28N2/c1-22-9-6-13-25(17-22)28(26-14-7-10-23(2)18-26)16-8-15-27-19-29-21-30(27)20-24-11-4-3-5-12-24/h3-15,17-19,21,28H,16,20H2,1-2H3/b15-8+. The van der Waals surface area contributed by atoms with E-state index in [2.05, 4.69) is 114 Å². The highest BCUT2D eigenvalue weighted by atomic mass is 15.0. The summed E-state index contributed by atoms with van der Waals surface area (Å²) in [5.41, 5.74) is 7.74. The molecular weight excluding hydrogens is 364 g/mol. The molecule has 150 valence electrons. The molecule has 30 heavy (non-hydrogen) atoms. The van der Waals surface area contributed by atoms with Crippen molar-refractivity contribution in [2.75, 3.05) is 0 Å². The summed E-state index contributed by atoms with van der Waals surface area (Å²) in [5.74, 6) is 0.339. The zero-order valence-corrected chi connectivity index (χ0v) is 17.7. The third-order valence-electron chi connectivity index (χ3n) is 5.49. The number of nitrogens with zero attached hydrogens (tertiary/aromatic N) is 2. The van der Waals surface area contributed by atoms with Gasteiger partial charge in [-0.25, -0.2) is 4.98 Å². The number of hydrogen-bond donors (Lipinski definition) is 0. The molecule has 2 nitrogen and oxygen atoms in total. The van der Waals surface area contributed by atoms with Gasteiger partial charge in [0, 0.05) is 12.5 Å². The van der Waals surface area contributed by atoms with Crippen molar-refractivity contribution in [3.8, 4) is 0 Å². The average Bonchev–Trinajstić information content (AvgIpc) is 3.19. The first kappa shape index (κ1) is 19.9. The summed E-state index contributed by atoms with van der Waals surface area (Å²) in [5, 5.41) is 0. The molecule has 0 bridgehead atoms. The summed E-state index contributed by atoms with van der Waals surface area (Å²) in [6.45, 7) is 5.16. The van der Waals surface area contributed by atoms with Crippen LogP contribution in [0.5, 0.6) is 0 Å². The van der Waals surface area contributed by atoms with Crippen LogP contribution in [0.25, 0.3) is 6.08 Å². The topological polar surface area (TPSA) is 17.8 Å².